The molecule has 2 saturated heterocycles. The van der Waals surface area contributed by atoms with Gasteiger partial charge < -0.3 is 20.3 Å². The number of amides is 1. The number of carbonyl (C=O) groups is 2. The zero-order chi connectivity index (χ0) is 38.6. The van der Waals surface area contributed by atoms with Crippen molar-refractivity contribution >= 4 is 29.7 Å². The van der Waals surface area contributed by atoms with E-state index in [0.717, 1.165) is 28.8 Å². The minimum absolute atomic E-state index is 0.0220. The molecule has 4 aromatic rings. The number of hydrogen-bond donors (Lipinski definition) is 3. The summed E-state index contributed by atoms with van der Waals surface area (Å²) < 4.78 is 50.2. The van der Waals surface area contributed by atoms with E-state index >= 15 is 0 Å². The van der Waals surface area contributed by atoms with E-state index in [2.05, 4.69) is 26.2 Å². The number of likely N-dealkylation sites (tertiary alicyclic amines) is 2. The van der Waals surface area contributed by atoms with Crippen LogP contribution in [0.5, 0.6) is 5.75 Å². The summed E-state index contributed by atoms with van der Waals surface area (Å²) in [5.41, 5.74) is 1.94. The zero-order valence-corrected chi connectivity index (χ0v) is 29.9. The number of anilines is 1. The number of hydrogen-bond acceptors (Lipinski definition) is 8. The molecule has 280 valence electrons. The maximum Gasteiger partial charge on any atom is 0.419 e. The van der Waals surface area contributed by atoms with Crippen molar-refractivity contribution in [3.05, 3.63) is 111 Å². The molecule has 0 radical (unpaired) electrons. The summed E-state index contributed by atoms with van der Waals surface area (Å²) in [6.45, 7) is 5.34. The number of β-amino-alcohol motifs (C(OH)–C–C–N with tert-alkyl or cyclic N) is 1. The van der Waals surface area contributed by atoms with Crippen molar-refractivity contribution in [1.82, 2.24) is 14.8 Å². The lowest BCUT2D eigenvalue weighted by Crippen LogP contribution is -2.23. The van der Waals surface area contributed by atoms with Gasteiger partial charge in [-0.1, -0.05) is 54.6 Å². The summed E-state index contributed by atoms with van der Waals surface area (Å²) in [5, 5.41) is 31.8. The number of methoxy groups -OCH3 is 1. The quantitative estimate of drug-likeness (QED) is 0.141. The molecule has 13 heteroatoms. The third-order valence-electron chi connectivity index (χ3n) is 9.93. The Kier molecular flexibility index (Phi) is 11.5. The van der Waals surface area contributed by atoms with Crippen molar-refractivity contribution in [1.29, 1.82) is 5.26 Å². The monoisotopic (exact) mass is 739 g/mol. The number of carbonyl (C=O) groups excluding carboxylic acids is 1. The summed E-state index contributed by atoms with van der Waals surface area (Å²) in [6.07, 6.45) is 0.918. The van der Waals surface area contributed by atoms with Crippen LogP contribution in [0.4, 0.5) is 18.9 Å². The number of nitrogens with zero attached hydrogens (tertiary/aromatic N) is 4. The third-order valence-corrected chi connectivity index (χ3v) is 9.93. The average Bonchev–Trinajstić information content (AvgIpc) is 3.79. The van der Waals surface area contributed by atoms with Gasteiger partial charge in [0.1, 0.15) is 17.5 Å². The lowest BCUT2D eigenvalue weighted by molar-refractivity contribution is -0.141. The van der Waals surface area contributed by atoms with Crippen LogP contribution in [0.2, 0.25) is 0 Å². The topological polar surface area (TPSA) is 139 Å². The van der Waals surface area contributed by atoms with E-state index in [9.17, 15) is 38.2 Å². The summed E-state index contributed by atoms with van der Waals surface area (Å²) in [5.74, 6) is -1.42. The first-order chi connectivity index (χ1) is 25.8. The molecule has 2 aliphatic heterocycles. The number of ether oxygens (including phenoxy) is 1. The second-order valence-corrected chi connectivity index (χ2v) is 13.7. The molecule has 1 aromatic heterocycles. The van der Waals surface area contributed by atoms with E-state index in [1.54, 1.807) is 37.5 Å². The standard InChI is InChI=1S/C41H40F3N5O5/c1-25-17-30(23-49-15-13-29(22-49)40(52)53)37(54-2)18-28(25)11-10-27-5-3-6-32(34(27)19-45)33-7-4-8-35(38(33)41(42,43)44)47-39(51)36-12-9-26(20-46-36)21-48-16-14-31(50)24-48/h3-12,17-18,20,29,31,50H,13-16,21-24H2,1-2H3,(H,47,51)(H,52,53)/b11-10+/t29-,31-/m1/s1. The highest BCUT2D eigenvalue weighted by molar-refractivity contribution is 6.04. The highest BCUT2D eigenvalue weighted by Crippen LogP contribution is 2.43. The van der Waals surface area contributed by atoms with Gasteiger partial charge in [0, 0.05) is 50.0 Å². The predicted molar refractivity (Wildman–Crippen MR) is 197 cm³/mol. The number of rotatable bonds is 11. The fourth-order valence-corrected chi connectivity index (χ4v) is 7.15. The maximum atomic E-state index is 14.8. The van der Waals surface area contributed by atoms with Crippen molar-refractivity contribution < 1.29 is 37.7 Å². The third kappa shape index (κ3) is 8.63. The largest absolute Gasteiger partial charge is 0.496 e. The molecule has 1 amide bonds. The smallest absolute Gasteiger partial charge is 0.419 e. The number of carboxylic acids is 1. The van der Waals surface area contributed by atoms with E-state index in [1.807, 2.05) is 19.1 Å². The summed E-state index contributed by atoms with van der Waals surface area (Å²) >= 11 is 0. The number of pyridine rings is 1. The van der Waals surface area contributed by atoms with Gasteiger partial charge in [-0.05, 0) is 72.3 Å². The van der Waals surface area contributed by atoms with Crippen LogP contribution in [0.25, 0.3) is 23.3 Å². The molecular weight excluding hydrogens is 699 g/mol. The van der Waals surface area contributed by atoms with E-state index in [1.165, 1.54) is 36.5 Å². The summed E-state index contributed by atoms with van der Waals surface area (Å²) in [6, 6.07) is 17.5. The fourth-order valence-electron chi connectivity index (χ4n) is 7.15. The first-order valence-corrected chi connectivity index (χ1v) is 17.6. The molecular formula is C41H40F3N5O5. The maximum absolute atomic E-state index is 14.8. The van der Waals surface area contributed by atoms with Gasteiger partial charge in [-0.15, -0.1) is 0 Å². The number of benzene rings is 3. The molecule has 2 aliphatic rings. The van der Waals surface area contributed by atoms with Crippen molar-refractivity contribution in [2.24, 2.45) is 5.92 Å². The van der Waals surface area contributed by atoms with Gasteiger partial charge in [0.15, 0.2) is 0 Å². The van der Waals surface area contributed by atoms with E-state index in [-0.39, 0.29) is 28.5 Å². The highest BCUT2D eigenvalue weighted by atomic mass is 19.4. The van der Waals surface area contributed by atoms with Crippen molar-refractivity contribution in [3.63, 3.8) is 0 Å². The second kappa shape index (κ2) is 16.2. The number of halogens is 3. The van der Waals surface area contributed by atoms with Gasteiger partial charge in [0.05, 0.1) is 35.9 Å². The fraction of sp³-hybridized carbons (Fsp3) is 0.317. The predicted octanol–water partition coefficient (Wildman–Crippen LogP) is 6.85. The Labute approximate surface area is 311 Å². The Bertz CT molecular complexity index is 2110. The average molecular weight is 740 g/mol. The molecule has 0 aliphatic carbocycles. The molecule has 3 N–H and O–H groups in total. The van der Waals surface area contributed by atoms with Crippen LogP contribution < -0.4 is 10.1 Å². The van der Waals surface area contributed by atoms with Crippen LogP contribution in [-0.4, -0.2) is 76.3 Å². The van der Waals surface area contributed by atoms with Gasteiger partial charge >= 0.3 is 12.1 Å². The lowest BCUT2D eigenvalue weighted by Gasteiger charge is -2.19. The summed E-state index contributed by atoms with van der Waals surface area (Å²) in [7, 11) is 1.55. The molecule has 54 heavy (non-hydrogen) atoms. The number of aromatic nitrogens is 1. The van der Waals surface area contributed by atoms with Crippen LogP contribution in [0.15, 0.2) is 66.9 Å². The molecule has 10 nitrogen and oxygen atoms in total. The van der Waals surface area contributed by atoms with Gasteiger partial charge in [0.25, 0.3) is 5.91 Å². The van der Waals surface area contributed by atoms with Crippen LogP contribution in [0.3, 0.4) is 0 Å². The Balaban J connectivity index is 1.25. The Morgan fingerprint density at radius 1 is 1.00 bits per heavy atom. The number of alkyl halides is 3. The Morgan fingerprint density at radius 2 is 1.72 bits per heavy atom. The molecule has 0 spiro atoms. The van der Waals surface area contributed by atoms with Crippen molar-refractivity contribution in [2.75, 3.05) is 38.6 Å². The Morgan fingerprint density at radius 3 is 2.37 bits per heavy atom. The number of aryl methyl sites for hydroxylation is 1. The number of nitriles is 1. The molecule has 6 rings (SSSR count). The van der Waals surface area contributed by atoms with Gasteiger partial charge in [-0.25, -0.2) is 0 Å². The summed E-state index contributed by atoms with van der Waals surface area (Å²) in [4.78, 5) is 32.9. The minimum Gasteiger partial charge on any atom is -0.496 e. The van der Waals surface area contributed by atoms with Crippen LogP contribution >= 0.6 is 0 Å². The molecule has 2 atom stereocenters. The van der Waals surface area contributed by atoms with Crippen molar-refractivity contribution in [3.8, 4) is 22.9 Å². The van der Waals surface area contributed by atoms with Crippen molar-refractivity contribution in [2.45, 2.75) is 45.1 Å². The van der Waals surface area contributed by atoms with Crippen LogP contribution in [-0.2, 0) is 24.1 Å². The molecule has 3 aromatic carbocycles. The van der Waals surface area contributed by atoms with E-state index in [0.29, 0.717) is 56.9 Å². The van der Waals surface area contributed by atoms with Gasteiger partial charge in [-0.2, -0.15) is 18.4 Å². The molecule has 0 unspecified atom stereocenters. The number of nitrogens with one attached hydrogen (secondary N) is 1. The number of aliphatic hydroxyl groups excluding tert-OH is 1. The first-order valence-electron chi connectivity index (χ1n) is 17.6. The molecule has 3 heterocycles. The van der Waals surface area contributed by atoms with Gasteiger partial charge in [-0.3, -0.25) is 24.4 Å². The normalized spacial score (nSPS) is 17.9. The highest BCUT2D eigenvalue weighted by Gasteiger charge is 2.38. The Hall–Kier alpha value is -5.55. The molecule has 0 saturated carbocycles. The second-order valence-electron chi connectivity index (χ2n) is 13.7. The van der Waals surface area contributed by atoms with E-state index in [4.69, 9.17) is 4.74 Å². The van der Waals surface area contributed by atoms with Gasteiger partial charge in [0.2, 0.25) is 0 Å². The molecule has 0 bridgehead atoms. The molecule has 2 fully saturated rings. The lowest BCUT2D eigenvalue weighted by atomic mass is 9.91. The van der Waals surface area contributed by atoms with Crippen LogP contribution in [0.1, 0.15) is 62.3 Å². The minimum atomic E-state index is -4.89. The van der Waals surface area contributed by atoms with Crippen LogP contribution in [0, 0.1) is 24.2 Å². The SMILES string of the molecule is COc1cc(/C=C/c2cccc(-c3cccc(NC(=O)c4ccc(CN5CC[C@@H](O)C5)cn4)c3C(F)(F)F)c2C#N)c(C)cc1CN1CC[C@@H](C(=O)O)C1. The number of carboxylic acid groups (broad SMARTS) is 1. The number of aliphatic hydroxyl groups is 1. The zero-order valence-electron chi connectivity index (χ0n) is 29.9. The first kappa shape index (κ1) is 38.2. The number of aliphatic carboxylic acids is 1. The van der Waals surface area contributed by atoms with E-state index < -0.39 is 35.2 Å².